The van der Waals surface area contributed by atoms with Crippen LogP contribution in [-0.4, -0.2) is 13.2 Å². The lowest BCUT2D eigenvalue weighted by Gasteiger charge is -2.14. The van der Waals surface area contributed by atoms with Crippen molar-refractivity contribution in [2.24, 2.45) is 5.73 Å². The summed E-state index contributed by atoms with van der Waals surface area (Å²) >= 11 is 0. The molecule has 0 aromatic heterocycles. The Morgan fingerprint density at radius 1 is 0.741 bits per heavy atom. The Balaban J connectivity index is 0.00000261. The van der Waals surface area contributed by atoms with Crippen LogP contribution in [0, 0.1) is 11.6 Å². The molecule has 2 N–H and O–H groups in total. The van der Waals surface area contributed by atoms with Gasteiger partial charge < -0.3 is 15.2 Å². The number of hydrogen-bond donors (Lipinski definition) is 1. The summed E-state index contributed by atoms with van der Waals surface area (Å²) in [6, 6.07) is 18.2. The number of benzene rings is 3. The second-order valence-electron chi connectivity index (χ2n) is 5.73. The van der Waals surface area contributed by atoms with E-state index in [4.69, 9.17) is 15.2 Å². The van der Waals surface area contributed by atoms with Crippen LogP contribution in [0.5, 0.6) is 11.5 Å². The van der Waals surface area contributed by atoms with Crippen LogP contribution < -0.4 is 15.2 Å². The third kappa shape index (κ3) is 5.67. The predicted molar refractivity (Wildman–Crippen MR) is 104 cm³/mol. The number of hydrogen-bond acceptors (Lipinski definition) is 3. The van der Waals surface area contributed by atoms with Crippen molar-refractivity contribution in [3.05, 3.63) is 83.9 Å². The minimum Gasteiger partial charge on any atom is -0.488 e. The molecule has 0 aliphatic carbocycles. The first-order valence-corrected chi connectivity index (χ1v) is 8.26. The second-order valence-corrected chi connectivity index (χ2v) is 5.73. The maximum absolute atomic E-state index is 13.5. The second kappa shape index (κ2) is 9.90. The maximum Gasteiger partial charge on any atom is 0.162 e. The molecule has 0 radical (unpaired) electrons. The van der Waals surface area contributed by atoms with E-state index in [1.165, 1.54) is 12.1 Å². The molecule has 0 fully saturated rings. The van der Waals surface area contributed by atoms with Crippen molar-refractivity contribution >= 4 is 12.4 Å². The minimum atomic E-state index is -0.629. The molecular formula is C21H20ClF2NO2. The molecule has 0 bridgehead atoms. The normalized spacial score (nSPS) is 10.2. The molecular weight excluding hydrogens is 372 g/mol. The van der Waals surface area contributed by atoms with Crippen LogP contribution in [0.15, 0.2) is 66.7 Å². The third-order valence-corrected chi connectivity index (χ3v) is 3.75. The monoisotopic (exact) mass is 391 g/mol. The number of ether oxygens (including phenoxy) is 2. The summed E-state index contributed by atoms with van der Waals surface area (Å²) in [5.74, 6) is -0.234. The van der Waals surface area contributed by atoms with E-state index in [1.807, 2.05) is 30.3 Å². The first-order valence-electron chi connectivity index (χ1n) is 8.26. The molecule has 0 heterocycles. The SMILES string of the molecule is Cl.NCCOc1ccc(-c2cc(F)cc(F)c2)cc1OCc1ccccc1. The number of rotatable bonds is 7. The molecule has 0 saturated carbocycles. The van der Waals surface area contributed by atoms with Gasteiger partial charge in [0.15, 0.2) is 11.5 Å². The van der Waals surface area contributed by atoms with Gasteiger partial charge in [0.25, 0.3) is 0 Å². The van der Waals surface area contributed by atoms with Crippen LogP contribution in [0.4, 0.5) is 8.78 Å². The standard InChI is InChI=1S/C21H19F2NO2.ClH/c22-18-10-17(11-19(23)13-18)16-6-7-20(25-9-8-24)21(12-16)26-14-15-4-2-1-3-5-15;/h1-7,10-13H,8-9,14,24H2;1H. The van der Waals surface area contributed by atoms with Crippen molar-refractivity contribution < 1.29 is 18.3 Å². The number of nitrogens with two attached hydrogens (primary N) is 1. The molecule has 142 valence electrons. The highest BCUT2D eigenvalue weighted by atomic mass is 35.5. The van der Waals surface area contributed by atoms with Gasteiger partial charge in [-0.3, -0.25) is 0 Å². The maximum atomic E-state index is 13.5. The molecule has 0 atom stereocenters. The zero-order valence-corrected chi connectivity index (χ0v) is 15.3. The van der Waals surface area contributed by atoms with Crippen LogP contribution >= 0.6 is 12.4 Å². The Kier molecular flexibility index (Phi) is 7.58. The van der Waals surface area contributed by atoms with Crippen molar-refractivity contribution in [1.29, 1.82) is 0 Å². The van der Waals surface area contributed by atoms with Crippen LogP contribution in [0.25, 0.3) is 11.1 Å². The summed E-state index contributed by atoms with van der Waals surface area (Å²) in [7, 11) is 0. The average Bonchev–Trinajstić information content (AvgIpc) is 2.65. The molecule has 0 aliphatic heterocycles. The van der Waals surface area contributed by atoms with E-state index in [2.05, 4.69) is 0 Å². The van der Waals surface area contributed by atoms with Gasteiger partial charge in [-0.15, -0.1) is 12.4 Å². The van der Waals surface area contributed by atoms with E-state index in [9.17, 15) is 8.78 Å². The van der Waals surface area contributed by atoms with Gasteiger partial charge in [0.05, 0.1) is 0 Å². The number of halogens is 3. The summed E-state index contributed by atoms with van der Waals surface area (Å²) < 4.78 is 38.5. The van der Waals surface area contributed by atoms with Gasteiger partial charge in [-0.05, 0) is 41.0 Å². The van der Waals surface area contributed by atoms with E-state index in [1.54, 1.807) is 18.2 Å². The van der Waals surface area contributed by atoms with E-state index < -0.39 is 11.6 Å². The van der Waals surface area contributed by atoms with Gasteiger partial charge >= 0.3 is 0 Å². The van der Waals surface area contributed by atoms with Crippen molar-refractivity contribution in [2.45, 2.75) is 6.61 Å². The summed E-state index contributed by atoms with van der Waals surface area (Å²) in [6.07, 6.45) is 0. The zero-order chi connectivity index (χ0) is 18.4. The summed E-state index contributed by atoms with van der Waals surface area (Å²) in [5, 5.41) is 0. The van der Waals surface area contributed by atoms with Crippen molar-refractivity contribution in [2.75, 3.05) is 13.2 Å². The van der Waals surface area contributed by atoms with Gasteiger partial charge in [-0.1, -0.05) is 36.4 Å². The third-order valence-electron chi connectivity index (χ3n) is 3.75. The van der Waals surface area contributed by atoms with Gasteiger partial charge in [0.1, 0.15) is 24.8 Å². The molecule has 0 saturated heterocycles. The van der Waals surface area contributed by atoms with Crippen molar-refractivity contribution in [3.63, 3.8) is 0 Å². The fourth-order valence-electron chi connectivity index (χ4n) is 2.54. The van der Waals surface area contributed by atoms with Crippen LogP contribution in [0.2, 0.25) is 0 Å². The molecule has 27 heavy (non-hydrogen) atoms. The Hall–Kier alpha value is -2.63. The molecule has 3 aromatic carbocycles. The van der Waals surface area contributed by atoms with Crippen LogP contribution in [0.3, 0.4) is 0 Å². The van der Waals surface area contributed by atoms with Gasteiger partial charge in [0, 0.05) is 12.6 Å². The first-order chi connectivity index (χ1) is 12.7. The Morgan fingerprint density at radius 2 is 1.44 bits per heavy atom. The molecule has 3 aromatic rings. The molecule has 0 spiro atoms. The molecule has 0 aliphatic rings. The van der Waals surface area contributed by atoms with Crippen LogP contribution in [0.1, 0.15) is 5.56 Å². The highest BCUT2D eigenvalue weighted by Crippen LogP contribution is 2.34. The summed E-state index contributed by atoms with van der Waals surface area (Å²) in [4.78, 5) is 0. The minimum absolute atomic E-state index is 0. The topological polar surface area (TPSA) is 44.5 Å². The lowest BCUT2D eigenvalue weighted by molar-refractivity contribution is 0.266. The van der Waals surface area contributed by atoms with E-state index in [-0.39, 0.29) is 12.4 Å². The van der Waals surface area contributed by atoms with Gasteiger partial charge in [-0.2, -0.15) is 0 Å². The molecule has 0 amide bonds. The summed E-state index contributed by atoms with van der Waals surface area (Å²) in [5.41, 5.74) is 7.56. The highest BCUT2D eigenvalue weighted by Gasteiger charge is 2.10. The van der Waals surface area contributed by atoms with Crippen molar-refractivity contribution in [1.82, 2.24) is 0 Å². The fraction of sp³-hybridized carbons (Fsp3) is 0.143. The Morgan fingerprint density at radius 3 is 2.11 bits per heavy atom. The predicted octanol–water partition coefficient (Wildman–Crippen LogP) is 4.97. The molecule has 3 nitrogen and oxygen atoms in total. The lowest BCUT2D eigenvalue weighted by Crippen LogP contribution is -2.11. The zero-order valence-electron chi connectivity index (χ0n) is 14.5. The summed E-state index contributed by atoms with van der Waals surface area (Å²) in [6.45, 7) is 1.06. The van der Waals surface area contributed by atoms with Gasteiger partial charge in [-0.25, -0.2) is 8.78 Å². The molecule has 3 rings (SSSR count). The first kappa shape index (κ1) is 20.7. The van der Waals surface area contributed by atoms with E-state index in [0.717, 1.165) is 11.6 Å². The van der Waals surface area contributed by atoms with Gasteiger partial charge in [0.2, 0.25) is 0 Å². The average molecular weight is 392 g/mol. The lowest BCUT2D eigenvalue weighted by atomic mass is 10.0. The van der Waals surface area contributed by atoms with Crippen molar-refractivity contribution in [3.8, 4) is 22.6 Å². The Bertz CT molecular complexity index is 855. The molecule has 6 heteroatoms. The molecule has 0 unspecified atom stereocenters. The Labute approximate surface area is 163 Å². The smallest absolute Gasteiger partial charge is 0.162 e. The largest absolute Gasteiger partial charge is 0.488 e. The van der Waals surface area contributed by atoms with E-state index in [0.29, 0.717) is 42.4 Å². The van der Waals surface area contributed by atoms with E-state index >= 15 is 0 Å². The quantitative estimate of drug-likeness (QED) is 0.618. The van der Waals surface area contributed by atoms with Crippen LogP contribution in [-0.2, 0) is 6.61 Å². The fourth-order valence-corrected chi connectivity index (χ4v) is 2.54. The highest BCUT2D eigenvalue weighted by molar-refractivity contribution is 5.85.